The lowest BCUT2D eigenvalue weighted by Crippen LogP contribution is -2.25. The Morgan fingerprint density at radius 1 is 1.10 bits per heavy atom. The summed E-state index contributed by atoms with van der Waals surface area (Å²) in [5.74, 6) is 0.277. The number of ketones is 1. The lowest BCUT2D eigenvalue weighted by Gasteiger charge is -2.22. The number of benzene rings is 1. The van der Waals surface area contributed by atoms with Crippen LogP contribution >= 0.6 is 0 Å². The molecule has 1 fully saturated rings. The normalized spacial score (nSPS) is 14.1. The van der Waals surface area contributed by atoms with Gasteiger partial charge in [0.25, 0.3) is 0 Å². The predicted octanol–water partition coefficient (Wildman–Crippen LogP) is 2.96. The molecule has 0 unspecified atom stereocenters. The van der Waals surface area contributed by atoms with Crippen LogP contribution in [0.4, 0.5) is 0 Å². The molecule has 2 N–H and O–H groups in total. The topological polar surface area (TPSA) is 97.1 Å². The Balaban J connectivity index is 1.55. The van der Waals surface area contributed by atoms with Gasteiger partial charge in [-0.2, -0.15) is 0 Å². The van der Waals surface area contributed by atoms with Crippen LogP contribution in [0.3, 0.4) is 0 Å². The highest BCUT2D eigenvalue weighted by Crippen LogP contribution is 2.27. The van der Waals surface area contributed by atoms with E-state index in [1.165, 1.54) is 25.1 Å². The van der Waals surface area contributed by atoms with Crippen LogP contribution < -0.4 is 15.2 Å². The monoisotopic (exact) mass is 397 g/mol. The zero-order chi connectivity index (χ0) is 20.6. The SMILES string of the molecule is CC(=O)c1ccc(C(N)=O)cc1Oc1c#cc(OCCOC2CCOCC2)cc1. The van der Waals surface area contributed by atoms with Gasteiger partial charge in [0.1, 0.15) is 12.4 Å². The number of ether oxygens (including phenoxy) is 4. The average Bonchev–Trinajstić information content (AvgIpc) is 2.73. The molecular formula is C22H23NO6. The van der Waals surface area contributed by atoms with Crippen LogP contribution in [0, 0.1) is 12.1 Å². The molecule has 1 aliphatic rings. The van der Waals surface area contributed by atoms with Crippen LogP contribution in [0.15, 0.2) is 30.3 Å². The Labute approximate surface area is 169 Å². The van der Waals surface area contributed by atoms with Crippen molar-refractivity contribution in [3.63, 3.8) is 0 Å². The molecule has 0 bridgehead atoms. The van der Waals surface area contributed by atoms with Gasteiger partial charge in [-0.15, -0.1) is 0 Å². The number of carbonyl (C=O) groups is 2. The van der Waals surface area contributed by atoms with Gasteiger partial charge in [-0.1, -0.05) is 0 Å². The van der Waals surface area contributed by atoms with E-state index in [1.807, 2.05) is 0 Å². The molecule has 7 nitrogen and oxygen atoms in total. The van der Waals surface area contributed by atoms with Gasteiger partial charge >= 0.3 is 0 Å². The van der Waals surface area contributed by atoms with E-state index in [0.29, 0.717) is 30.3 Å². The summed E-state index contributed by atoms with van der Waals surface area (Å²) in [4.78, 5) is 23.2. The number of rotatable bonds is 9. The number of nitrogens with two attached hydrogens (primary N) is 1. The second-order valence-electron chi connectivity index (χ2n) is 6.58. The van der Waals surface area contributed by atoms with Crippen molar-refractivity contribution in [2.75, 3.05) is 26.4 Å². The number of hydrogen-bond acceptors (Lipinski definition) is 6. The highest BCUT2D eigenvalue weighted by atomic mass is 16.5. The summed E-state index contributed by atoms with van der Waals surface area (Å²) >= 11 is 0. The molecule has 29 heavy (non-hydrogen) atoms. The maximum Gasteiger partial charge on any atom is 0.248 e. The molecule has 1 saturated heterocycles. The van der Waals surface area contributed by atoms with Gasteiger partial charge in [-0.25, -0.2) is 0 Å². The van der Waals surface area contributed by atoms with Crippen LogP contribution in [0.25, 0.3) is 0 Å². The van der Waals surface area contributed by atoms with Crippen LogP contribution in [0.2, 0.25) is 0 Å². The molecule has 152 valence electrons. The van der Waals surface area contributed by atoms with Crippen LogP contribution in [-0.2, 0) is 9.47 Å². The van der Waals surface area contributed by atoms with Crippen molar-refractivity contribution >= 4 is 11.7 Å². The molecule has 1 heterocycles. The lowest BCUT2D eigenvalue weighted by molar-refractivity contribution is -0.0388. The van der Waals surface area contributed by atoms with E-state index < -0.39 is 5.91 Å². The lowest BCUT2D eigenvalue weighted by atomic mass is 10.1. The first-order valence-electron chi connectivity index (χ1n) is 9.41. The predicted molar refractivity (Wildman–Crippen MR) is 104 cm³/mol. The fraction of sp³-hybridized carbons (Fsp3) is 0.364. The Morgan fingerprint density at radius 2 is 1.83 bits per heavy atom. The average molecular weight is 397 g/mol. The minimum atomic E-state index is -0.604. The molecule has 0 aromatic heterocycles. The molecular weight excluding hydrogens is 374 g/mol. The molecule has 0 aliphatic carbocycles. The summed E-state index contributed by atoms with van der Waals surface area (Å²) < 4.78 is 22.4. The van der Waals surface area contributed by atoms with Crippen molar-refractivity contribution in [2.24, 2.45) is 5.73 Å². The molecule has 0 saturated carbocycles. The minimum Gasteiger partial charge on any atom is -0.483 e. The van der Waals surface area contributed by atoms with E-state index in [1.54, 1.807) is 12.1 Å². The summed E-state index contributed by atoms with van der Waals surface area (Å²) in [5.41, 5.74) is 5.89. The zero-order valence-corrected chi connectivity index (χ0v) is 16.2. The van der Waals surface area contributed by atoms with E-state index in [4.69, 9.17) is 24.7 Å². The number of amides is 1. The van der Waals surface area contributed by atoms with E-state index in [0.717, 1.165) is 26.1 Å². The van der Waals surface area contributed by atoms with Crippen molar-refractivity contribution in [3.05, 3.63) is 53.6 Å². The molecule has 0 radical (unpaired) electrons. The Morgan fingerprint density at radius 3 is 2.48 bits per heavy atom. The fourth-order valence-electron chi connectivity index (χ4n) is 2.88. The van der Waals surface area contributed by atoms with Crippen molar-refractivity contribution in [1.82, 2.24) is 0 Å². The maximum absolute atomic E-state index is 11.8. The Kier molecular flexibility index (Phi) is 7.06. The summed E-state index contributed by atoms with van der Waals surface area (Å²) in [6.45, 7) is 3.78. The molecule has 1 amide bonds. The third kappa shape index (κ3) is 5.95. The second kappa shape index (κ2) is 9.92. The highest BCUT2D eigenvalue weighted by molar-refractivity contribution is 5.99. The molecule has 0 atom stereocenters. The fourth-order valence-corrected chi connectivity index (χ4v) is 2.88. The second-order valence-corrected chi connectivity index (χ2v) is 6.58. The van der Waals surface area contributed by atoms with E-state index in [-0.39, 0.29) is 23.2 Å². The van der Waals surface area contributed by atoms with Gasteiger partial charge in [-0.3, -0.25) is 9.59 Å². The van der Waals surface area contributed by atoms with Gasteiger partial charge < -0.3 is 24.7 Å². The van der Waals surface area contributed by atoms with E-state index in [9.17, 15) is 9.59 Å². The molecule has 7 heteroatoms. The van der Waals surface area contributed by atoms with Gasteiger partial charge in [0.05, 0.1) is 18.3 Å². The maximum atomic E-state index is 11.8. The number of carbonyl (C=O) groups excluding carboxylic acids is 2. The van der Waals surface area contributed by atoms with Gasteiger partial charge in [0.15, 0.2) is 17.3 Å². The van der Waals surface area contributed by atoms with E-state index >= 15 is 0 Å². The standard InChI is InChI=1S/C22H23NO6/c1-15(24)20-7-2-16(22(23)25)14-21(20)29-19-5-3-17(4-6-19)27-12-13-28-18-8-10-26-11-9-18/h2-3,5,7,14,18H,8-13H2,1H3,(H2,23,25). The van der Waals surface area contributed by atoms with Crippen LogP contribution in [0.1, 0.15) is 40.5 Å². The van der Waals surface area contributed by atoms with Gasteiger partial charge in [0.2, 0.25) is 5.91 Å². The Hall–Kier alpha value is -3.08. The third-order valence-corrected chi connectivity index (χ3v) is 4.42. The number of Topliss-reactive ketones (excluding diaryl/α,β-unsaturated/α-hetero) is 1. The highest BCUT2D eigenvalue weighted by Gasteiger charge is 2.14. The first-order valence-corrected chi connectivity index (χ1v) is 9.41. The first-order chi connectivity index (χ1) is 14.0. The third-order valence-electron chi connectivity index (χ3n) is 4.42. The van der Waals surface area contributed by atoms with Crippen LogP contribution in [-0.4, -0.2) is 44.2 Å². The minimum absolute atomic E-state index is 0.190. The van der Waals surface area contributed by atoms with Crippen molar-refractivity contribution < 1.29 is 28.5 Å². The Bertz CT molecular complexity index is 843. The van der Waals surface area contributed by atoms with Crippen LogP contribution in [0.5, 0.6) is 17.2 Å². The molecule has 0 spiro atoms. The molecule has 3 rings (SSSR count). The summed E-state index contributed by atoms with van der Waals surface area (Å²) in [6, 6.07) is 13.5. The van der Waals surface area contributed by atoms with E-state index in [2.05, 4.69) is 12.1 Å². The van der Waals surface area contributed by atoms with Crippen molar-refractivity contribution in [1.29, 1.82) is 0 Å². The largest absolute Gasteiger partial charge is 0.483 e. The number of primary amides is 1. The van der Waals surface area contributed by atoms with Gasteiger partial charge in [0, 0.05) is 18.8 Å². The quantitative estimate of drug-likeness (QED) is 0.516. The smallest absolute Gasteiger partial charge is 0.248 e. The summed E-state index contributed by atoms with van der Waals surface area (Å²) in [7, 11) is 0. The number of hydrogen-bond donors (Lipinski definition) is 1. The first kappa shape index (κ1) is 20.6. The molecule has 1 aliphatic heterocycles. The van der Waals surface area contributed by atoms with Gasteiger partial charge in [-0.05, 0) is 62.2 Å². The zero-order valence-electron chi connectivity index (χ0n) is 16.2. The summed E-state index contributed by atoms with van der Waals surface area (Å²) in [6.07, 6.45) is 2.04. The van der Waals surface area contributed by atoms with Crippen molar-refractivity contribution in [3.8, 4) is 17.2 Å². The van der Waals surface area contributed by atoms with Crippen molar-refractivity contribution in [2.45, 2.75) is 25.9 Å². The molecule has 2 aromatic carbocycles. The molecule has 2 aromatic rings. The summed E-state index contributed by atoms with van der Waals surface area (Å²) in [5, 5.41) is 0.